The molecule has 1 N–H and O–H groups in total. The van der Waals surface area contributed by atoms with E-state index in [2.05, 4.69) is 5.32 Å². The van der Waals surface area contributed by atoms with Crippen molar-refractivity contribution in [1.29, 1.82) is 0 Å². The molecule has 0 spiro atoms. The molecule has 2 nitrogen and oxygen atoms in total. The summed E-state index contributed by atoms with van der Waals surface area (Å²) in [5.74, 6) is -1.69. The van der Waals surface area contributed by atoms with Crippen molar-refractivity contribution >= 4 is 5.69 Å². The van der Waals surface area contributed by atoms with Gasteiger partial charge in [-0.15, -0.1) is 0 Å². The minimum absolute atomic E-state index is 0.187. The van der Waals surface area contributed by atoms with Crippen LogP contribution in [0.3, 0.4) is 0 Å². The van der Waals surface area contributed by atoms with E-state index in [0.29, 0.717) is 6.54 Å². The third kappa shape index (κ3) is 3.44. The fraction of sp³-hybridized carbons (Fsp3) is 0.200. The summed E-state index contributed by atoms with van der Waals surface area (Å²) in [6.45, 7) is 2.64. The van der Waals surface area contributed by atoms with Crippen molar-refractivity contribution in [1.82, 2.24) is 0 Å². The standard InChI is InChI=1S/C15H15F2NO/c1-11-5-2-3-8-14(11)18-9-10-19-15-12(16)6-4-7-13(15)17/h2-8,18H,9-10H2,1H3. The number of benzene rings is 2. The Morgan fingerprint density at radius 3 is 2.37 bits per heavy atom. The van der Waals surface area contributed by atoms with Crippen LogP contribution in [0.15, 0.2) is 42.5 Å². The van der Waals surface area contributed by atoms with Crippen LogP contribution >= 0.6 is 0 Å². The Morgan fingerprint density at radius 1 is 1.00 bits per heavy atom. The number of hydrogen-bond acceptors (Lipinski definition) is 2. The van der Waals surface area contributed by atoms with E-state index in [0.717, 1.165) is 11.3 Å². The van der Waals surface area contributed by atoms with Crippen LogP contribution in [0.2, 0.25) is 0 Å². The minimum atomic E-state index is -0.684. The van der Waals surface area contributed by atoms with Crippen molar-refractivity contribution in [2.45, 2.75) is 6.92 Å². The highest BCUT2D eigenvalue weighted by atomic mass is 19.1. The first-order valence-corrected chi connectivity index (χ1v) is 6.05. The highest BCUT2D eigenvalue weighted by Crippen LogP contribution is 2.20. The fourth-order valence-electron chi connectivity index (χ4n) is 1.73. The summed E-state index contributed by atoms with van der Waals surface area (Å²) < 4.78 is 31.7. The number of ether oxygens (including phenoxy) is 1. The first-order chi connectivity index (χ1) is 9.18. The molecule has 0 radical (unpaired) electrons. The van der Waals surface area contributed by atoms with Crippen LogP contribution in [0.4, 0.5) is 14.5 Å². The maximum absolute atomic E-state index is 13.3. The van der Waals surface area contributed by atoms with E-state index in [4.69, 9.17) is 4.74 Å². The monoisotopic (exact) mass is 263 g/mol. The van der Waals surface area contributed by atoms with Crippen LogP contribution in [0.25, 0.3) is 0 Å². The Balaban J connectivity index is 1.86. The van der Waals surface area contributed by atoms with E-state index >= 15 is 0 Å². The number of anilines is 1. The number of hydrogen-bond donors (Lipinski definition) is 1. The van der Waals surface area contributed by atoms with Crippen LogP contribution in [-0.4, -0.2) is 13.2 Å². The van der Waals surface area contributed by atoms with E-state index < -0.39 is 11.6 Å². The first kappa shape index (κ1) is 13.3. The maximum atomic E-state index is 13.3. The Bertz CT molecular complexity index is 537. The molecule has 0 aliphatic heterocycles. The van der Waals surface area contributed by atoms with Crippen LogP contribution in [-0.2, 0) is 0 Å². The predicted molar refractivity (Wildman–Crippen MR) is 71.5 cm³/mol. The Morgan fingerprint density at radius 2 is 1.68 bits per heavy atom. The normalized spacial score (nSPS) is 10.3. The average molecular weight is 263 g/mol. The van der Waals surface area contributed by atoms with Crippen molar-refractivity contribution in [3.63, 3.8) is 0 Å². The number of nitrogens with one attached hydrogen (secondary N) is 1. The molecule has 0 aromatic heterocycles. The SMILES string of the molecule is Cc1ccccc1NCCOc1c(F)cccc1F. The van der Waals surface area contributed by atoms with Gasteiger partial charge in [-0.1, -0.05) is 24.3 Å². The van der Waals surface area contributed by atoms with E-state index in [9.17, 15) is 8.78 Å². The molecule has 0 unspecified atom stereocenters. The lowest BCUT2D eigenvalue weighted by Gasteiger charge is -2.11. The number of halogens is 2. The van der Waals surface area contributed by atoms with Gasteiger partial charge in [-0.2, -0.15) is 0 Å². The van der Waals surface area contributed by atoms with Crippen molar-refractivity contribution in [2.75, 3.05) is 18.5 Å². The quantitative estimate of drug-likeness (QED) is 0.829. The first-order valence-electron chi connectivity index (χ1n) is 6.05. The fourth-order valence-corrected chi connectivity index (χ4v) is 1.73. The summed E-state index contributed by atoms with van der Waals surface area (Å²) in [4.78, 5) is 0. The summed E-state index contributed by atoms with van der Waals surface area (Å²) in [7, 11) is 0. The van der Waals surface area contributed by atoms with Gasteiger partial charge in [0.25, 0.3) is 0 Å². The molecule has 0 heterocycles. The van der Waals surface area contributed by atoms with E-state index in [1.165, 1.54) is 18.2 Å². The van der Waals surface area contributed by atoms with Gasteiger partial charge in [-0.05, 0) is 30.7 Å². The zero-order chi connectivity index (χ0) is 13.7. The van der Waals surface area contributed by atoms with Gasteiger partial charge < -0.3 is 10.1 Å². The highest BCUT2D eigenvalue weighted by Gasteiger charge is 2.08. The molecule has 0 bridgehead atoms. The summed E-state index contributed by atoms with van der Waals surface area (Å²) in [6.07, 6.45) is 0. The van der Waals surface area contributed by atoms with E-state index in [1.54, 1.807) is 0 Å². The summed E-state index contributed by atoms with van der Waals surface area (Å²) in [5.41, 5.74) is 2.10. The Labute approximate surface area is 111 Å². The third-order valence-corrected chi connectivity index (χ3v) is 2.73. The molecule has 0 atom stereocenters. The molecule has 4 heteroatoms. The topological polar surface area (TPSA) is 21.3 Å². The highest BCUT2D eigenvalue weighted by molar-refractivity contribution is 5.50. The van der Waals surface area contributed by atoms with Gasteiger partial charge >= 0.3 is 0 Å². The Kier molecular flexibility index (Phi) is 4.34. The molecule has 2 aromatic carbocycles. The van der Waals surface area contributed by atoms with Gasteiger partial charge in [-0.3, -0.25) is 0 Å². The van der Waals surface area contributed by atoms with Crippen molar-refractivity contribution in [3.05, 3.63) is 59.7 Å². The van der Waals surface area contributed by atoms with Crippen LogP contribution in [0.1, 0.15) is 5.56 Å². The lowest BCUT2D eigenvalue weighted by Crippen LogP contribution is -2.13. The van der Waals surface area contributed by atoms with E-state index in [-0.39, 0.29) is 12.4 Å². The number of aryl methyl sites for hydroxylation is 1. The summed E-state index contributed by atoms with van der Waals surface area (Å²) >= 11 is 0. The molecule has 2 rings (SSSR count). The Hall–Kier alpha value is -2.10. The van der Waals surface area contributed by atoms with E-state index in [1.807, 2.05) is 31.2 Å². The largest absolute Gasteiger partial charge is 0.486 e. The summed E-state index contributed by atoms with van der Waals surface area (Å²) in [6, 6.07) is 11.5. The molecular formula is C15H15F2NO. The van der Waals surface area contributed by atoms with Gasteiger partial charge in [0.1, 0.15) is 6.61 Å². The van der Waals surface area contributed by atoms with Gasteiger partial charge in [-0.25, -0.2) is 8.78 Å². The van der Waals surface area contributed by atoms with Crippen LogP contribution in [0, 0.1) is 18.6 Å². The lowest BCUT2D eigenvalue weighted by molar-refractivity contribution is 0.297. The molecule has 0 fully saturated rings. The third-order valence-electron chi connectivity index (χ3n) is 2.73. The predicted octanol–water partition coefficient (Wildman–Crippen LogP) is 3.76. The second-order valence-electron chi connectivity index (χ2n) is 4.14. The molecule has 19 heavy (non-hydrogen) atoms. The average Bonchev–Trinajstić information content (AvgIpc) is 2.39. The van der Waals surface area contributed by atoms with Gasteiger partial charge in [0.15, 0.2) is 17.4 Å². The van der Waals surface area contributed by atoms with Crippen molar-refractivity contribution in [2.24, 2.45) is 0 Å². The maximum Gasteiger partial charge on any atom is 0.190 e. The van der Waals surface area contributed by atoms with Gasteiger partial charge in [0, 0.05) is 12.2 Å². The molecular weight excluding hydrogens is 248 g/mol. The van der Waals surface area contributed by atoms with Crippen molar-refractivity contribution in [3.8, 4) is 5.75 Å². The molecule has 0 saturated carbocycles. The van der Waals surface area contributed by atoms with Crippen LogP contribution in [0.5, 0.6) is 5.75 Å². The minimum Gasteiger partial charge on any atom is -0.486 e. The lowest BCUT2D eigenvalue weighted by atomic mass is 10.2. The molecule has 0 saturated heterocycles. The van der Waals surface area contributed by atoms with Crippen LogP contribution < -0.4 is 10.1 Å². The van der Waals surface area contributed by atoms with Crippen molar-refractivity contribution < 1.29 is 13.5 Å². The van der Waals surface area contributed by atoms with Gasteiger partial charge in [0.2, 0.25) is 0 Å². The zero-order valence-corrected chi connectivity index (χ0v) is 10.6. The molecule has 2 aromatic rings. The number of para-hydroxylation sites is 2. The molecule has 0 aliphatic carbocycles. The zero-order valence-electron chi connectivity index (χ0n) is 10.6. The summed E-state index contributed by atoms with van der Waals surface area (Å²) in [5, 5.41) is 3.15. The molecule has 0 amide bonds. The smallest absolute Gasteiger partial charge is 0.190 e. The second-order valence-corrected chi connectivity index (χ2v) is 4.14. The molecule has 0 aliphatic rings. The number of rotatable bonds is 5. The molecule has 100 valence electrons. The van der Waals surface area contributed by atoms with Gasteiger partial charge in [0.05, 0.1) is 0 Å². The second kappa shape index (κ2) is 6.18.